The van der Waals surface area contributed by atoms with Gasteiger partial charge in [0.05, 0.1) is 0 Å². The van der Waals surface area contributed by atoms with Gasteiger partial charge in [-0.3, -0.25) is 0 Å². The van der Waals surface area contributed by atoms with E-state index in [0.29, 0.717) is 0 Å². The molecule has 0 saturated carbocycles. The molecule has 2 nitrogen and oxygen atoms in total. The largest absolute Gasteiger partial charge is 1.00 e. The molecule has 0 aliphatic carbocycles. The summed E-state index contributed by atoms with van der Waals surface area (Å²) in [7, 11) is 0. The van der Waals surface area contributed by atoms with E-state index >= 15 is 0 Å². The van der Waals surface area contributed by atoms with Crippen molar-refractivity contribution >= 4 is 17.7 Å². The highest BCUT2D eigenvalue weighted by atomic mass is 35.5. The SMILES string of the molecule is Cc1cc(C)cc(C(C)c2cc(C)cc([C@@H](C)c3cc(C)cc(C)c3)c2N2C=[N+](c3c(C(C)c4cc(C)cc(C)c4)cc(C)cc3C(C)c3cc(C)cc(C)c3)CC2)c1.[Cl-]. The van der Waals surface area contributed by atoms with E-state index in [1.807, 2.05) is 0 Å². The van der Waals surface area contributed by atoms with E-state index in [2.05, 4.69) is 210 Å². The highest BCUT2D eigenvalue weighted by Crippen LogP contribution is 2.45. The van der Waals surface area contributed by atoms with Gasteiger partial charge in [-0.1, -0.05) is 180 Å². The Balaban J connectivity index is 0.00000604. The Bertz CT molecular complexity index is 2350. The quantitative estimate of drug-likeness (QED) is 0.125. The second kappa shape index (κ2) is 18.0. The lowest BCUT2D eigenvalue weighted by atomic mass is 9.82. The molecule has 0 fully saturated rings. The standard InChI is InChI=1S/C57H67N2.ClH/c1-34-17-35(2)22-48(21-34)44(11)52-29-42(9)30-53(45(12)49-23-36(3)18-37(4)24-49)56(52)58-15-16-59(33-58)57-54(46(13)50-25-38(5)19-39(6)26-50)31-43(10)32-55(57)47(14)51-27-40(7)20-41(8)28-51;/h17-33,44-47H,15-16H2,1-14H3;1H/q+1;/p-1/t44-,45?,46?,47?;/m0./s1. The molecule has 60 heavy (non-hydrogen) atoms. The molecule has 0 radical (unpaired) electrons. The van der Waals surface area contributed by atoms with Crippen molar-refractivity contribution < 1.29 is 17.0 Å². The first-order chi connectivity index (χ1) is 27.9. The van der Waals surface area contributed by atoms with E-state index in [1.54, 1.807) is 0 Å². The lowest BCUT2D eigenvalue weighted by Crippen LogP contribution is -3.00. The third-order valence-corrected chi connectivity index (χ3v) is 12.9. The number of anilines is 1. The summed E-state index contributed by atoms with van der Waals surface area (Å²) >= 11 is 0. The summed E-state index contributed by atoms with van der Waals surface area (Å²) in [5, 5.41) is 0. The number of benzene rings is 6. The molecule has 0 bridgehead atoms. The van der Waals surface area contributed by atoms with E-state index in [1.165, 1.54) is 112 Å². The third kappa shape index (κ3) is 9.35. The van der Waals surface area contributed by atoms with Gasteiger partial charge in [0.15, 0.2) is 0 Å². The first-order valence-electron chi connectivity index (χ1n) is 22.0. The number of hydrogen-bond donors (Lipinski definition) is 0. The van der Waals surface area contributed by atoms with Crippen molar-refractivity contribution in [1.29, 1.82) is 0 Å². The van der Waals surface area contributed by atoms with Crippen molar-refractivity contribution in [2.24, 2.45) is 0 Å². The Hall–Kier alpha value is -4.92. The number of rotatable bonds is 10. The maximum atomic E-state index is 2.61. The summed E-state index contributed by atoms with van der Waals surface area (Å²) in [4.78, 5) is 2.61. The van der Waals surface area contributed by atoms with Crippen LogP contribution in [0.3, 0.4) is 0 Å². The number of aryl methyl sites for hydroxylation is 10. The smallest absolute Gasteiger partial charge is 0.244 e. The molecule has 0 amide bonds. The van der Waals surface area contributed by atoms with Crippen molar-refractivity contribution in [3.05, 3.63) is 197 Å². The molecule has 312 valence electrons. The third-order valence-electron chi connectivity index (χ3n) is 12.9. The fourth-order valence-corrected chi connectivity index (χ4v) is 10.3. The summed E-state index contributed by atoms with van der Waals surface area (Å²) in [5.74, 6) is 0.873. The molecular weight excluding hydrogens is 748 g/mol. The normalized spacial score (nSPS) is 14.7. The average Bonchev–Trinajstić information content (AvgIpc) is 3.64. The highest BCUT2D eigenvalue weighted by molar-refractivity contribution is 5.84. The van der Waals surface area contributed by atoms with Gasteiger partial charge >= 0.3 is 0 Å². The molecule has 1 aliphatic rings. The second-order valence-corrected chi connectivity index (χ2v) is 18.7. The zero-order valence-electron chi connectivity index (χ0n) is 38.8. The number of nitrogens with zero attached hydrogens (tertiary/aromatic N) is 2. The fraction of sp³-hybridized carbons (Fsp3) is 0.351. The summed E-state index contributed by atoms with van der Waals surface area (Å²) in [6.45, 7) is 33.9. The lowest BCUT2D eigenvalue weighted by molar-refractivity contribution is -0.425. The van der Waals surface area contributed by atoms with E-state index in [4.69, 9.17) is 0 Å². The van der Waals surface area contributed by atoms with Crippen LogP contribution < -0.4 is 17.3 Å². The van der Waals surface area contributed by atoms with Crippen LogP contribution in [0.15, 0.2) is 97.1 Å². The predicted octanol–water partition coefficient (Wildman–Crippen LogP) is 11.6. The molecule has 6 aromatic carbocycles. The van der Waals surface area contributed by atoms with Gasteiger partial charge in [0.2, 0.25) is 6.34 Å². The molecule has 0 saturated heterocycles. The topological polar surface area (TPSA) is 6.25 Å². The summed E-state index contributed by atoms with van der Waals surface area (Å²) in [5.41, 5.74) is 27.0. The van der Waals surface area contributed by atoms with E-state index in [0.717, 1.165) is 13.1 Å². The Morgan fingerprint density at radius 1 is 0.367 bits per heavy atom. The van der Waals surface area contributed by atoms with Crippen LogP contribution in [-0.4, -0.2) is 24.0 Å². The van der Waals surface area contributed by atoms with Gasteiger partial charge in [-0.25, -0.2) is 9.48 Å². The predicted molar refractivity (Wildman–Crippen MR) is 254 cm³/mol. The van der Waals surface area contributed by atoms with Gasteiger partial charge < -0.3 is 12.4 Å². The number of hydrogen-bond acceptors (Lipinski definition) is 1. The maximum absolute atomic E-state index is 2.61. The van der Waals surface area contributed by atoms with Gasteiger partial charge in [0.1, 0.15) is 24.5 Å². The van der Waals surface area contributed by atoms with Crippen LogP contribution in [0.25, 0.3) is 0 Å². The average molecular weight is 816 g/mol. The van der Waals surface area contributed by atoms with E-state index in [-0.39, 0.29) is 36.1 Å². The molecule has 7 rings (SSSR count). The minimum atomic E-state index is 0. The van der Waals surface area contributed by atoms with Crippen LogP contribution in [-0.2, 0) is 0 Å². The molecule has 0 spiro atoms. The fourth-order valence-electron chi connectivity index (χ4n) is 10.3. The van der Waals surface area contributed by atoms with Gasteiger partial charge in [-0.2, -0.15) is 0 Å². The monoisotopic (exact) mass is 814 g/mol. The first kappa shape index (κ1) is 44.6. The Kier molecular flexibility index (Phi) is 13.4. The highest BCUT2D eigenvalue weighted by Gasteiger charge is 2.35. The van der Waals surface area contributed by atoms with Crippen LogP contribution in [0, 0.1) is 69.2 Å². The zero-order valence-corrected chi connectivity index (χ0v) is 39.6. The van der Waals surface area contributed by atoms with Crippen LogP contribution in [0.4, 0.5) is 11.4 Å². The second-order valence-electron chi connectivity index (χ2n) is 18.7. The molecule has 0 N–H and O–H groups in total. The molecule has 1 aliphatic heterocycles. The summed E-state index contributed by atoms with van der Waals surface area (Å²) < 4.78 is 2.61. The van der Waals surface area contributed by atoms with Crippen molar-refractivity contribution in [3.63, 3.8) is 0 Å². The van der Waals surface area contributed by atoms with Gasteiger partial charge in [-0.15, -0.1) is 0 Å². The van der Waals surface area contributed by atoms with Crippen molar-refractivity contribution in [3.8, 4) is 0 Å². The molecular formula is C57H67ClN2. The summed E-state index contributed by atoms with van der Waals surface area (Å²) in [6, 6.07) is 38.2. The first-order valence-corrected chi connectivity index (χ1v) is 22.0. The number of halogens is 1. The minimum Gasteiger partial charge on any atom is -1.00 e. The van der Waals surface area contributed by atoms with Crippen molar-refractivity contribution in [2.75, 3.05) is 18.0 Å². The molecule has 6 aromatic rings. The van der Waals surface area contributed by atoms with Crippen LogP contribution >= 0.6 is 0 Å². The minimum absolute atomic E-state index is 0. The maximum Gasteiger partial charge on any atom is 0.244 e. The molecule has 0 aromatic heterocycles. The van der Waals surface area contributed by atoms with E-state index in [9.17, 15) is 0 Å². The molecule has 4 atom stereocenters. The lowest BCUT2D eigenvalue weighted by Gasteiger charge is -2.26. The van der Waals surface area contributed by atoms with Crippen LogP contribution in [0.5, 0.6) is 0 Å². The Morgan fingerprint density at radius 2 is 0.617 bits per heavy atom. The van der Waals surface area contributed by atoms with Crippen molar-refractivity contribution in [1.82, 2.24) is 0 Å². The van der Waals surface area contributed by atoms with Crippen molar-refractivity contribution in [2.45, 2.75) is 121 Å². The van der Waals surface area contributed by atoms with Gasteiger partial charge in [0, 0.05) is 45.9 Å². The van der Waals surface area contributed by atoms with Crippen LogP contribution in [0.1, 0.15) is 152 Å². The molecule has 1 heterocycles. The van der Waals surface area contributed by atoms with Gasteiger partial charge in [-0.05, 0) is 91.5 Å². The Morgan fingerprint density at radius 3 is 0.917 bits per heavy atom. The zero-order chi connectivity index (χ0) is 42.4. The molecule has 3 unspecified atom stereocenters. The van der Waals surface area contributed by atoms with E-state index < -0.39 is 0 Å². The molecule has 3 heteroatoms. The Labute approximate surface area is 368 Å². The van der Waals surface area contributed by atoms with Crippen LogP contribution in [0.2, 0.25) is 0 Å². The van der Waals surface area contributed by atoms with Gasteiger partial charge in [0.25, 0.3) is 0 Å². The summed E-state index contributed by atoms with van der Waals surface area (Å²) in [6.07, 6.45) is 2.47.